The number of carboxylic acid groups (broad SMARTS) is 1. The Kier molecular flexibility index (Phi) is 8.29. The van der Waals surface area contributed by atoms with Crippen molar-refractivity contribution in [3.8, 4) is 0 Å². The van der Waals surface area contributed by atoms with E-state index in [0.29, 0.717) is 39.9 Å². The van der Waals surface area contributed by atoms with E-state index in [0.717, 1.165) is 16.8 Å². The van der Waals surface area contributed by atoms with Crippen LogP contribution in [-0.2, 0) is 16.0 Å². The van der Waals surface area contributed by atoms with Crippen LogP contribution in [0.25, 0.3) is 11.1 Å². The van der Waals surface area contributed by atoms with Gasteiger partial charge in [0.25, 0.3) is 11.9 Å². The van der Waals surface area contributed by atoms with Crippen LogP contribution < -0.4 is 10.6 Å². The molecule has 1 saturated heterocycles. The number of hydrogen-bond acceptors (Lipinski definition) is 7. The van der Waals surface area contributed by atoms with Crippen molar-refractivity contribution in [2.45, 2.75) is 12.3 Å². The Morgan fingerprint density at radius 2 is 1.68 bits per heavy atom. The third-order valence-corrected chi connectivity index (χ3v) is 8.07. The maximum Gasteiger partial charge on any atom is 0.308 e. The fraction of sp³-hybridized carbons (Fsp3) is 0.176. The smallest absolute Gasteiger partial charge is 0.308 e. The van der Waals surface area contributed by atoms with E-state index in [4.69, 9.17) is 16.0 Å². The van der Waals surface area contributed by atoms with Crippen LogP contribution in [0.4, 0.5) is 17.4 Å². The van der Waals surface area contributed by atoms with Gasteiger partial charge in [-0.1, -0.05) is 60.1 Å². The summed E-state index contributed by atoms with van der Waals surface area (Å²) in [5.41, 5.74) is 4.82. The number of Topliss-reactive ketones (excluding diaryl/α,β-unsaturated/α-hetero) is 1. The molecule has 0 spiro atoms. The summed E-state index contributed by atoms with van der Waals surface area (Å²) >= 11 is 6.21. The second-order valence-corrected chi connectivity index (χ2v) is 11.2. The highest BCUT2D eigenvalue weighted by Gasteiger charge is 2.40. The molecule has 222 valence electrons. The van der Waals surface area contributed by atoms with Crippen LogP contribution in [0, 0.1) is 5.92 Å². The molecule has 4 aromatic carbocycles. The van der Waals surface area contributed by atoms with E-state index in [1.165, 1.54) is 0 Å². The summed E-state index contributed by atoms with van der Waals surface area (Å²) in [5, 5.41) is 16.6. The maximum atomic E-state index is 12.9. The normalized spacial score (nSPS) is 16.2. The van der Waals surface area contributed by atoms with Gasteiger partial charge in [-0.3, -0.25) is 14.4 Å². The number of nitrogens with one attached hydrogen (secondary N) is 2. The summed E-state index contributed by atoms with van der Waals surface area (Å²) < 4.78 is 5.83. The minimum Gasteiger partial charge on any atom is -0.481 e. The quantitative estimate of drug-likeness (QED) is 0.167. The fourth-order valence-electron chi connectivity index (χ4n) is 5.47. The topological polar surface area (TPSA) is 125 Å². The molecule has 0 radical (unpaired) electrons. The van der Waals surface area contributed by atoms with Gasteiger partial charge in [-0.15, -0.1) is 0 Å². The molecule has 1 aliphatic heterocycles. The number of benzene rings is 4. The molecule has 0 saturated carbocycles. The summed E-state index contributed by atoms with van der Waals surface area (Å²) in [5.74, 6) is -2.15. The first-order valence-corrected chi connectivity index (χ1v) is 14.6. The van der Waals surface area contributed by atoms with Crippen molar-refractivity contribution in [1.29, 1.82) is 0 Å². The summed E-state index contributed by atoms with van der Waals surface area (Å²) in [7, 11) is 0. The van der Waals surface area contributed by atoms with Gasteiger partial charge in [0, 0.05) is 36.7 Å². The highest BCUT2D eigenvalue weighted by atomic mass is 35.5. The predicted molar refractivity (Wildman–Crippen MR) is 169 cm³/mol. The van der Waals surface area contributed by atoms with E-state index in [2.05, 4.69) is 15.6 Å². The predicted octanol–water partition coefficient (Wildman–Crippen LogP) is 6.39. The van der Waals surface area contributed by atoms with Gasteiger partial charge in [0.1, 0.15) is 5.52 Å². The van der Waals surface area contributed by atoms with E-state index in [9.17, 15) is 19.5 Å². The first kappa shape index (κ1) is 28.9. The van der Waals surface area contributed by atoms with Crippen molar-refractivity contribution in [2.24, 2.45) is 5.92 Å². The largest absolute Gasteiger partial charge is 0.481 e. The van der Waals surface area contributed by atoms with Gasteiger partial charge in [-0.2, -0.15) is 4.98 Å². The van der Waals surface area contributed by atoms with Crippen LogP contribution >= 0.6 is 11.6 Å². The molecule has 5 aromatic rings. The van der Waals surface area contributed by atoms with Gasteiger partial charge in [0.2, 0.25) is 0 Å². The number of fused-ring (bicyclic) bond motifs is 1. The van der Waals surface area contributed by atoms with Gasteiger partial charge >= 0.3 is 5.97 Å². The molecule has 0 bridgehead atoms. The lowest BCUT2D eigenvalue weighted by atomic mass is 9.89. The third kappa shape index (κ3) is 6.43. The Balaban J connectivity index is 1.05. The molecule has 2 heterocycles. The molecule has 1 aliphatic rings. The van der Waals surface area contributed by atoms with E-state index < -0.39 is 11.9 Å². The Labute approximate surface area is 258 Å². The first-order chi connectivity index (χ1) is 21.3. The van der Waals surface area contributed by atoms with Crippen LogP contribution in [0.3, 0.4) is 0 Å². The Bertz CT molecular complexity index is 1820. The van der Waals surface area contributed by atoms with Crippen LogP contribution in [0.1, 0.15) is 27.4 Å². The molecule has 1 amide bonds. The minimum atomic E-state index is -0.928. The van der Waals surface area contributed by atoms with Gasteiger partial charge in [0.15, 0.2) is 11.4 Å². The number of aromatic nitrogens is 1. The number of carbonyl (C=O) groups excluding carboxylic acids is 2. The Hall–Kier alpha value is -5.15. The number of aliphatic carboxylic acids is 1. The molecule has 1 fully saturated rings. The van der Waals surface area contributed by atoms with E-state index in [1.54, 1.807) is 41.3 Å². The third-order valence-electron chi connectivity index (χ3n) is 7.74. The molecular weight excluding hydrogens is 580 g/mol. The zero-order chi connectivity index (χ0) is 30.6. The number of likely N-dealkylation sites (tertiary alicyclic amines) is 1. The molecule has 44 heavy (non-hydrogen) atoms. The maximum absolute atomic E-state index is 12.9. The average molecular weight is 609 g/mol. The van der Waals surface area contributed by atoms with Crippen LogP contribution in [0.15, 0.2) is 101 Å². The van der Waals surface area contributed by atoms with Gasteiger partial charge in [-0.05, 0) is 59.7 Å². The number of oxazole rings is 1. The van der Waals surface area contributed by atoms with Crippen molar-refractivity contribution in [1.82, 2.24) is 9.88 Å². The number of anilines is 3. The number of hydrogen-bond donors (Lipinski definition) is 3. The van der Waals surface area contributed by atoms with Gasteiger partial charge < -0.3 is 25.1 Å². The molecule has 1 aromatic heterocycles. The molecule has 3 N–H and O–H groups in total. The molecule has 0 aliphatic carbocycles. The summed E-state index contributed by atoms with van der Waals surface area (Å²) in [6, 6.07) is 29.3. The lowest BCUT2D eigenvalue weighted by molar-refractivity contribution is -0.141. The van der Waals surface area contributed by atoms with Crippen molar-refractivity contribution < 1.29 is 23.9 Å². The summed E-state index contributed by atoms with van der Waals surface area (Å²) in [4.78, 5) is 43.8. The molecule has 6 rings (SSSR count). The molecule has 9 nitrogen and oxygen atoms in total. The van der Waals surface area contributed by atoms with Crippen LogP contribution in [0.5, 0.6) is 0 Å². The summed E-state index contributed by atoms with van der Waals surface area (Å²) in [6.45, 7) is 0.595. The van der Waals surface area contributed by atoms with Crippen LogP contribution in [-0.4, -0.2) is 52.3 Å². The SMILES string of the molecule is O=C(CNc1ccc(C2CN(C(=O)c3ccccc3)CC2C(=O)O)cc1)Cc1ccc2nc(Nc3ccccc3Cl)oc2c1. The van der Waals surface area contributed by atoms with E-state index in [-0.39, 0.29) is 37.1 Å². The lowest BCUT2D eigenvalue weighted by Gasteiger charge is -2.17. The number of rotatable bonds is 10. The Morgan fingerprint density at radius 1 is 0.932 bits per heavy atom. The number of carboxylic acids is 1. The van der Waals surface area contributed by atoms with Crippen molar-refractivity contribution in [3.63, 3.8) is 0 Å². The minimum absolute atomic E-state index is 0.0147. The first-order valence-electron chi connectivity index (χ1n) is 14.2. The lowest BCUT2D eigenvalue weighted by Crippen LogP contribution is -2.29. The van der Waals surface area contributed by atoms with Gasteiger partial charge in [-0.25, -0.2) is 0 Å². The molecule has 2 unspecified atom stereocenters. The zero-order valence-corrected chi connectivity index (χ0v) is 24.3. The number of para-hydroxylation sites is 1. The number of amides is 1. The zero-order valence-electron chi connectivity index (χ0n) is 23.6. The second kappa shape index (κ2) is 12.6. The van der Waals surface area contributed by atoms with Crippen molar-refractivity contribution >= 4 is 57.7 Å². The van der Waals surface area contributed by atoms with E-state index in [1.807, 2.05) is 60.7 Å². The van der Waals surface area contributed by atoms with E-state index >= 15 is 0 Å². The monoisotopic (exact) mass is 608 g/mol. The molecular formula is C34H29ClN4O5. The number of halogens is 1. The van der Waals surface area contributed by atoms with Crippen molar-refractivity contribution in [3.05, 3.63) is 119 Å². The summed E-state index contributed by atoms with van der Waals surface area (Å²) in [6.07, 6.45) is 0.211. The highest BCUT2D eigenvalue weighted by Crippen LogP contribution is 2.34. The molecule has 2 atom stereocenters. The fourth-order valence-corrected chi connectivity index (χ4v) is 5.65. The highest BCUT2D eigenvalue weighted by molar-refractivity contribution is 6.33. The number of carbonyl (C=O) groups is 3. The number of nitrogens with zero attached hydrogens (tertiary/aromatic N) is 2. The van der Waals surface area contributed by atoms with Crippen LogP contribution in [0.2, 0.25) is 5.02 Å². The Morgan fingerprint density at radius 3 is 2.43 bits per heavy atom. The second-order valence-electron chi connectivity index (χ2n) is 10.7. The van der Waals surface area contributed by atoms with Gasteiger partial charge in [0.05, 0.1) is 23.2 Å². The van der Waals surface area contributed by atoms with Crippen molar-refractivity contribution in [2.75, 3.05) is 30.3 Å². The standard InChI is InChI=1S/C34H29ClN4O5/c35-28-8-4-5-9-29(28)37-34-38-30-15-10-21(17-31(30)44-34)16-25(40)18-36-24-13-11-22(12-14-24)26-19-39(20-27(26)33(42)43)32(41)23-6-2-1-3-7-23/h1-15,17,26-27,36H,16,18-20H2,(H,37,38)(H,42,43). The molecule has 10 heteroatoms. The number of ketones is 1. The average Bonchev–Trinajstić information content (AvgIpc) is 3.66.